The van der Waals surface area contributed by atoms with Crippen molar-refractivity contribution in [2.75, 3.05) is 13.2 Å². The van der Waals surface area contributed by atoms with E-state index < -0.39 is 0 Å². The normalized spacial score (nSPS) is 22.5. The summed E-state index contributed by atoms with van der Waals surface area (Å²) < 4.78 is 12.8. The van der Waals surface area contributed by atoms with Crippen LogP contribution in [0.4, 0.5) is 0 Å². The highest BCUT2D eigenvalue weighted by Gasteiger charge is 2.13. The molecule has 1 aliphatic heterocycles. The summed E-state index contributed by atoms with van der Waals surface area (Å²) in [6.07, 6.45) is 4.37. The number of nitrogens with zero attached hydrogens (tertiary/aromatic N) is 2. The van der Waals surface area contributed by atoms with Gasteiger partial charge in [0.2, 0.25) is 0 Å². The van der Waals surface area contributed by atoms with Gasteiger partial charge < -0.3 is 9.47 Å². The van der Waals surface area contributed by atoms with E-state index in [2.05, 4.69) is 5.10 Å². The maximum absolute atomic E-state index is 5.66. The van der Waals surface area contributed by atoms with Gasteiger partial charge in [-0.05, 0) is 25.8 Å². The van der Waals surface area contributed by atoms with Crippen LogP contribution in [0.25, 0.3) is 0 Å². The van der Waals surface area contributed by atoms with E-state index in [0.29, 0.717) is 6.73 Å². The molecule has 1 atom stereocenters. The SMILES string of the molecule is Cc1ccn(COC2CCCOC2)n1. The molecule has 0 N–H and O–H groups in total. The van der Waals surface area contributed by atoms with Crippen molar-refractivity contribution < 1.29 is 9.47 Å². The maximum Gasteiger partial charge on any atom is 0.139 e. The molecule has 0 saturated carbocycles. The third kappa shape index (κ3) is 2.56. The minimum absolute atomic E-state index is 0.244. The third-order valence-corrected chi connectivity index (χ3v) is 2.34. The molecule has 2 rings (SSSR count). The molecule has 4 nitrogen and oxygen atoms in total. The second kappa shape index (κ2) is 4.57. The van der Waals surface area contributed by atoms with Crippen molar-refractivity contribution in [2.45, 2.75) is 32.6 Å². The van der Waals surface area contributed by atoms with E-state index in [9.17, 15) is 0 Å². The Hall–Kier alpha value is -0.870. The van der Waals surface area contributed by atoms with Crippen LogP contribution in [-0.2, 0) is 16.2 Å². The lowest BCUT2D eigenvalue weighted by molar-refractivity contribution is -0.0761. The van der Waals surface area contributed by atoms with Crippen LogP contribution in [0, 0.1) is 6.92 Å². The van der Waals surface area contributed by atoms with E-state index in [1.807, 2.05) is 23.9 Å². The van der Waals surface area contributed by atoms with Crippen molar-refractivity contribution in [3.05, 3.63) is 18.0 Å². The predicted octanol–water partition coefficient (Wildman–Crippen LogP) is 1.34. The van der Waals surface area contributed by atoms with E-state index in [4.69, 9.17) is 9.47 Å². The van der Waals surface area contributed by atoms with Gasteiger partial charge in [0.15, 0.2) is 0 Å². The monoisotopic (exact) mass is 196 g/mol. The van der Waals surface area contributed by atoms with Crippen LogP contribution < -0.4 is 0 Å². The average molecular weight is 196 g/mol. The summed E-state index contributed by atoms with van der Waals surface area (Å²) in [5.41, 5.74) is 1.02. The van der Waals surface area contributed by atoms with Crippen LogP contribution in [-0.4, -0.2) is 29.1 Å². The summed E-state index contributed by atoms with van der Waals surface area (Å²) in [5.74, 6) is 0. The number of hydrogen-bond acceptors (Lipinski definition) is 3. The fourth-order valence-electron chi connectivity index (χ4n) is 1.56. The van der Waals surface area contributed by atoms with Gasteiger partial charge in [-0.3, -0.25) is 0 Å². The fraction of sp³-hybridized carbons (Fsp3) is 0.700. The van der Waals surface area contributed by atoms with E-state index in [1.54, 1.807) is 0 Å². The minimum Gasteiger partial charge on any atom is -0.379 e. The van der Waals surface area contributed by atoms with Gasteiger partial charge in [0.05, 0.1) is 18.4 Å². The van der Waals surface area contributed by atoms with E-state index >= 15 is 0 Å². The van der Waals surface area contributed by atoms with Crippen LogP contribution in [0.3, 0.4) is 0 Å². The first-order valence-electron chi connectivity index (χ1n) is 5.04. The van der Waals surface area contributed by atoms with Crippen LogP contribution in [0.15, 0.2) is 12.3 Å². The van der Waals surface area contributed by atoms with Gasteiger partial charge in [-0.2, -0.15) is 5.10 Å². The summed E-state index contributed by atoms with van der Waals surface area (Å²) >= 11 is 0. The molecule has 0 bridgehead atoms. The molecule has 0 radical (unpaired) electrons. The zero-order chi connectivity index (χ0) is 9.80. The largest absolute Gasteiger partial charge is 0.379 e. The number of rotatable bonds is 3. The Bertz CT molecular complexity index is 279. The first-order valence-corrected chi connectivity index (χ1v) is 5.04. The highest BCUT2D eigenvalue weighted by Crippen LogP contribution is 2.10. The van der Waals surface area contributed by atoms with Crippen molar-refractivity contribution >= 4 is 0 Å². The number of aryl methyl sites for hydroxylation is 1. The molecule has 1 aliphatic rings. The first-order chi connectivity index (χ1) is 6.84. The molecular formula is C10H16N2O2. The minimum atomic E-state index is 0.244. The van der Waals surface area contributed by atoms with E-state index in [0.717, 1.165) is 31.7 Å². The molecule has 0 amide bonds. The molecular weight excluding hydrogens is 180 g/mol. The topological polar surface area (TPSA) is 36.3 Å². The smallest absolute Gasteiger partial charge is 0.139 e. The Morgan fingerprint density at radius 1 is 1.71 bits per heavy atom. The summed E-state index contributed by atoms with van der Waals surface area (Å²) in [7, 11) is 0. The van der Waals surface area contributed by atoms with Gasteiger partial charge in [-0.25, -0.2) is 4.68 Å². The van der Waals surface area contributed by atoms with Crippen molar-refractivity contribution in [1.29, 1.82) is 0 Å². The molecule has 14 heavy (non-hydrogen) atoms. The standard InChI is InChI=1S/C10H16N2O2/c1-9-4-5-12(11-9)8-14-10-3-2-6-13-7-10/h4-5,10H,2-3,6-8H2,1H3. The Morgan fingerprint density at radius 2 is 2.64 bits per heavy atom. The van der Waals surface area contributed by atoms with E-state index in [1.165, 1.54) is 0 Å². The second-order valence-corrected chi connectivity index (χ2v) is 3.63. The highest BCUT2D eigenvalue weighted by molar-refractivity contribution is 4.94. The van der Waals surface area contributed by atoms with E-state index in [-0.39, 0.29) is 6.10 Å². The lowest BCUT2D eigenvalue weighted by Gasteiger charge is -2.22. The predicted molar refractivity (Wildman–Crippen MR) is 51.9 cm³/mol. The summed E-state index contributed by atoms with van der Waals surface area (Å²) in [4.78, 5) is 0. The molecule has 0 aromatic carbocycles. The highest BCUT2D eigenvalue weighted by atomic mass is 16.5. The molecule has 1 unspecified atom stereocenters. The van der Waals surface area contributed by atoms with Gasteiger partial charge in [0, 0.05) is 12.8 Å². The summed E-state index contributed by atoms with van der Waals surface area (Å²) in [5, 5.41) is 4.25. The second-order valence-electron chi connectivity index (χ2n) is 3.63. The van der Waals surface area contributed by atoms with Crippen molar-refractivity contribution in [1.82, 2.24) is 9.78 Å². The molecule has 4 heteroatoms. The zero-order valence-corrected chi connectivity index (χ0v) is 8.48. The lowest BCUT2D eigenvalue weighted by Crippen LogP contribution is -2.26. The molecule has 78 valence electrons. The molecule has 1 saturated heterocycles. The van der Waals surface area contributed by atoms with Gasteiger partial charge in [-0.15, -0.1) is 0 Å². The van der Waals surface area contributed by atoms with Gasteiger partial charge in [-0.1, -0.05) is 0 Å². The molecule has 0 spiro atoms. The number of aromatic nitrogens is 2. The Morgan fingerprint density at radius 3 is 3.29 bits per heavy atom. The zero-order valence-electron chi connectivity index (χ0n) is 8.48. The Labute approximate surface area is 83.8 Å². The maximum atomic E-state index is 5.66. The van der Waals surface area contributed by atoms with Crippen molar-refractivity contribution in [3.63, 3.8) is 0 Å². The summed E-state index contributed by atoms with van der Waals surface area (Å²) in [6, 6.07) is 1.97. The van der Waals surface area contributed by atoms with Crippen LogP contribution in [0.5, 0.6) is 0 Å². The fourth-order valence-corrected chi connectivity index (χ4v) is 1.56. The summed E-state index contributed by atoms with van der Waals surface area (Å²) in [6.45, 7) is 4.10. The number of hydrogen-bond donors (Lipinski definition) is 0. The van der Waals surface area contributed by atoms with Crippen molar-refractivity contribution in [3.8, 4) is 0 Å². The van der Waals surface area contributed by atoms with Crippen LogP contribution in [0.2, 0.25) is 0 Å². The average Bonchev–Trinajstić information content (AvgIpc) is 2.63. The first kappa shape index (κ1) is 9.68. The van der Waals surface area contributed by atoms with Gasteiger partial charge in [0.25, 0.3) is 0 Å². The quantitative estimate of drug-likeness (QED) is 0.732. The Kier molecular flexibility index (Phi) is 3.16. The number of ether oxygens (including phenoxy) is 2. The van der Waals surface area contributed by atoms with Crippen LogP contribution >= 0.6 is 0 Å². The van der Waals surface area contributed by atoms with Gasteiger partial charge in [0.1, 0.15) is 6.73 Å². The molecule has 1 aromatic rings. The molecule has 1 fully saturated rings. The van der Waals surface area contributed by atoms with Gasteiger partial charge >= 0.3 is 0 Å². The third-order valence-electron chi connectivity index (χ3n) is 2.34. The lowest BCUT2D eigenvalue weighted by atomic mass is 10.2. The Balaban J connectivity index is 1.76. The molecule has 2 heterocycles. The van der Waals surface area contributed by atoms with Crippen molar-refractivity contribution in [2.24, 2.45) is 0 Å². The molecule has 0 aliphatic carbocycles. The van der Waals surface area contributed by atoms with Crippen LogP contribution in [0.1, 0.15) is 18.5 Å². The molecule has 1 aromatic heterocycles.